The summed E-state index contributed by atoms with van der Waals surface area (Å²) in [5, 5.41) is 17.5. The molecule has 6 heteroatoms. The van der Waals surface area contributed by atoms with Crippen LogP contribution >= 0.6 is 0 Å². The van der Waals surface area contributed by atoms with Crippen LogP contribution in [0, 0.1) is 0 Å². The highest BCUT2D eigenvalue weighted by molar-refractivity contribution is 5.91. The van der Waals surface area contributed by atoms with Crippen molar-refractivity contribution in [2.75, 3.05) is 0 Å². The highest BCUT2D eigenvalue weighted by Gasteiger charge is 2.20. The van der Waals surface area contributed by atoms with Crippen molar-refractivity contribution < 1.29 is 29.6 Å². The largest absolute Gasteiger partial charge is 0.430 e. The SMILES string of the molecule is C=C(C)C(=O)O/C=C(\C(=O)OO)C(O)CC. The van der Waals surface area contributed by atoms with Crippen molar-refractivity contribution in [1.29, 1.82) is 0 Å². The molecule has 1 atom stereocenters. The Kier molecular flexibility index (Phi) is 6.06. The van der Waals surface area contributed by atoms with Gasteiger partial charge in [-0.3, -0.25) is 4.89 Å². The molecule has 0 amide bonds. The molecule has 0 aliphatic carbocycles. The van der Waals surface area contributed by atoms with Crippen LogP contribution < -0.4 is 0 Å². The molecule has 2 N–H and O–H groups in total. The Morgan fingerprint density at radius 1 is 1.44 bits per heavy atom. The standard InChI is InChI=1S/C10H14O6/c1-4-8(11)7(10(13)16-14)5-15-9(12)6(2)3/h5,8,11,14H,2,4H2,1,3H3/b7-5-. The van der Waals surface area contributed by atoms with Crippen LogP contribution in [-0.4, -0.2) is 28.4 Å². The van der Waals surface area contributed by atoms with E-state index in [0.717, 1.165) is 6.26 Å². The van der Waals surface area contributed by atoms with Crippen LogP contribution in [0.15, 0.2) is 24.0 Å². The van der Waals surface area contributed by atoms with Gasteiger partial charge in [-0.1, -0.05) is 13.5 Å². The van der Waals surface area contributed by atoms with Gasteiger partial charge >= 0.3 is 11.9 Å². The number of aliphatic hydroxyl groups is 1. The summed E-state index contributed by atoms with van der Waals surface area (Å²) in [5.41, 5.74) is -0.210. The van der Waals surface area contributed by atoms with Crippen LogP contribution in [0.2, 0.25) is 0 Å². The molecule has 0 aliphatic heterocycles. The van der Waals surface area contributed by atoms with Crippen molar-refractivity contribution in [2.24, 2.45) is 0 Å². The van der Waals surface area contributed by atoms with E-state index in [0.29, 0.717) is 0 Å². The van der Waals surface area contributed by atoms with E-state index in [1.807, 2.05) is 0 Å². The lowest BCUT2D eigenvalue weighted by Gasteiger charge is -2.09. The van der Waals surface area contributed by atoms with Crippen LogP contribution in [0.1, 0.15) is 20.3 Å². The Morgan fingerprint density at radius 2 is 2.00 bits per heavy atom. The average molecular weight is 230 g/mol. The van der Waals surface area contributed by atoms with Gasteiger partial charge in [-0.25, -0.2) is 9.59 Å². The number of rotatable bonds is 5. The van der Waals surface area contributed by atoms with E-state index in [1.54, 1.807) is 6.92 Å². The third-order valence-electron chi connectivity index (χ3n) is 1.71. The first kappa shape index (κ1) is 14.3. The van der Waals surface area contributed by atoms with Crippen molar-refractivity contribution >= 4 is 11.9 Å². The molecule has 0 radical (unpaired) electrons. The Hall–Kier alpha value is -1.66. The second-order valence-electron chi connectivity index (χ2n) is 3.06. The zero-order chi connectivity index (χ0) is 12.7. The molecule has 0 aromatic heterocycles. The van der Waals surface area contributed by atoms with E-state index in [2.05, 4.69) is 16.2 Å². The van der Waals surface area contributed by atoms with E-state index in [-0.39, 0.29) is 17.6 Å². The minimum atomic E-state index is -1.18. The molecular formula is C10H14O6. The fourth-order valence-electron chi connectivity index (χ4n) is 0.753. The summed E-state index contributed by atoms with van der Waals surface area (Å²) in [4.78, 5) is 25.4. The molecular weight excluding hydrogens is 216 g/mol. The van der Waals surface area contributed by atoms with Gasteiger partial charge in [-0.05, 0) is 13.3 Å². The van der Waals surface area contributed by atoms with Gasteiger partial charge in [0.2, 0.25) is 0 Å². The molecule has 0 bridgehead atoms. The summed E-state index contributed by atoms with van der Waals surface area (Å²) in [7, 11) is 0. The first-order valence-electron chi connectivity index (χ1n) is 4.54. The zero-order valence-corrected chi connectivity index (χ0v) is 9.10. The molecule has 0 fully saturated rings. The number of esters is 1. The zero-order valence-electron chi connectivity index (χ0n) is 9.10. The lowest BCUT2D eigenvalue weighted by atomic mass is 10.1. The predicted octanol–water partition coefficient (Wildman–Crippen LogP) is 0.777. The maximum atomic E-state index is 11.0. The minimum Gasteiger partial charge on any atom is -0.430 e. The molecule has 90 valence electrons. The fourth-order valence-corrected chi connectivity index (χ4v) is 0.753. The maximum absolute atomic E-state index is 11.0. The van der Waals surface area contributed by atoms with Crippen LogP contribution in [0.3, 0.4) is 0 Å². The van der Waals surface area contributed by atoms with Gasteiger partial charge in [-0.2, -0.15) is 5.26 Å². The lowest BCUT2D eigenvalue weighted by molar-refractivity contribution is -0.230. The summed E-state index contributed by atoms with van der Waals surface area (Å²) >= 11 is 0. The summed E-state index contributed by atoms with van der Waals surface area (Å²) < 4.78 is 4.54. The smallest absolute Gasteiger partial charge is 0.374 e. The van der Waals surface area contributed by atoms with Gasteiger partial charge in [0, 0.05) is 5.57 Å². The van der Waals surface area contributed by atoms with Gasteiger partial charge in [0.25, 0.3) is 0 Å². The third-order valence-corrected chi connectivity index (χ3v) is 1.71. The Bertz CT molecular complexity index is 317. The predicted molar refractivity (Wildman–Crippen MR) is 54.0 cm³/mol. The number of carbonyl (C=O) groups excluding carboxylic acids is 2. The summed E-state index contributed by atoms with van der Waals surface area (Å²) in [5.74, 6) is -1.92. The number of hydrogen-bond donors (Lipinski definition) is 2. The van der Waals surface area contributed by atoms with Crippen molar-refractivity contribution in [3.63, 3.8) is 0 Å². The van der Waals surface area contributed by atoms with E-state index in [1.165, 1.54) is 6.92 Å². The van der Waals surface area contributed by atoms with E-state index < -0.39 is 18.0 Å². The quantitative estimate of drug-likeness (QED) is 0.238. The Morgan fingerprint density at radius 3 is 2.38 bits per heavy atom. The Balaban J connectivity index is 4.76. The molecule has 0 heterocycles. The topological polar surface area (TPSA) is 93.1 Å². The molecule has 1 unspecified atom stereocenters. The molecule has 0 aromatic carbocycles. The molecule has 0 aliphatic rings. The van der Waals surface area contributed by atoms with Gasteiger partial charge < -0.3 is 9.84 Å². The molecule has 0 aromatic rings. The molecule has 16 heavy (non-hydrogen) atoms. The van der Waals surface area contributed by atoms with Crippen LogP contribution in [0.5, 0.6) is 0 Å². The fraction of sp³-hybridized carbons (Fsp3) is 0.400. The highest BCUT2D eigenvalue weighted by atomic mass is 17.1. The normalized spacial score (nSPS) is 12.9. The van der Waals surface area contributed by atoms with Gasteiger partial charge in [0.1, 0.15) is 11.8 Å². The van der Waals surface area contributed by atoms with Crippen molar-refractivity contribution in [2.45, 2.75) is 26.4 Å². The molecule has 6 nitrogen and oxygen atoms in total. The van der Waals surface area contributed by atoms with Crippen molar-refractivity contribution in [3.05, 3.63) is 24.0 Å². The van der Waals surface area contributed by atoms with E-state index >= 15 is 0 Å². The number of carbonyl (C=O) groups is 2. The minimum absolute atomic E-state index is 0.138. The number of aliphatic hydroxyl groups excluding tert-OH is 1. The van der Waals surface area contributed by atoms with Crippen LogP contribution in [-0.2, 0) is 19.2 Å². The molecule has 0 spiro atoms. The average Bonchev–Trinajstić information content (AvgIpc) is 2.27. The van der Waals surface area contributed by atoms with Crippen molar-refractivity contribution in [3.8, 4) is 0 Å². The van der Waals surface area contributed by atoms with Crippen molar-refractivity contribution in [1.82, 2.24) is 0 Å². The summed E-state index contributed by atoms with van der Waals surface area (Å²) in [6.45, 7) is 6.36. The number of hydrogen-bond acceptors (Lipinski definition) is 6. The molecule has 0 saturated carbocycles. The lowest BCUT2D eigenvalue weighted by Crippen LogP contribution is -2.19. The highest BCUT2D eigenvalue weighted by Crippen LogP contribution is 2.09. The first-order valence-corrected chi connectivity index (χ1v) is 4.54. The third kappa shape index (κ3) is 4.24. The van der Waals surface area contributed by atoms with Gasteiger partial charge in [0.15, 0.2) is 0 Å². The molecule has 0 saturated heterocycles. The second kappa shape index (κ2) is 6.76. The van der Waals surface area contributed by atoms with Gasteiger partial charge in [0.05, 0.1) is 6.10 Å². The monoisotopic (exact) mass is 230 g/mol. The summed E-state index contributed by atoms with van der Waals surface area (Å²) in [6, 6.07) is 0. The maximum Gasteiger partial charge on any atom is 0.374 e. The molecule has 0 rings (SSSR count). The summed E-state index contributed by atoms with van der Waals surface area (Å²) in [6.07, 6.45) is -0.243. The second-order valence-corrected chi connectivity index (χ2v) is 3.06. The van der Waals surface area contributed by atoms with E-state index in [4.69, 9.17) is 5.26 Å². The van der Waals surface area contributed by atoms with Gasteiger partial charge in [-0.15, -0.1) is 0 Å². The Labute approximate surface area is 92.7 Å². The first-order chi connectivity index (χ1) is 7.43. The number of ether oxygens (including phenoxy) is 1. The van der Waals surface area contributed by atoms with E-state index in [9.17, 15) is 14.7 Å². The van der Waals surface area contributed by atoms with Crippen LogP contribution in [0.25, 0.3) is 0 Å². The van der Waals surface area contributed by atoms with Crippen LogP contribution in [0.4, 0.5) is 0 Å².